The standard InChI is InChI=1S/C13H18N2O/c16-9-10-1-4-13-11(7-10)2-3-12-8-14-5-6-15(12)13/h1,4,7,12,14,16H,2-3,5-6,8-9H2. The molecule has 1 saturated heterocycles. The van der Waals surface area contributed by atoms with Crippen LogP contribution >= 0.6 is 0 Å². The van der Waals surface area contributed by atoms with Crippen LogP contribution in [0.1, 0.15) is 17.5 Å². The highest BCUT2D eigenvalue weighted by Gasteiger charge is 2.27. The molecule has 1 aromatic carbocycles. The molecule has 1 atom stereocenters. The van der Waals surface area contributed by atoms with Crippen molar-refractivity contribution < 1.29 is 5.11 Å². The number of nitrogens with one attached hydrogen (secondary N) is 1. The van der Waals surface area contributed by atoms with Crippen LogP contribution in [0, 0.1) is 0 Å². The van der Waals surface area contributed by atoms with Crippen molar-refractivity contribution in [3.05, 3.63) is 29.3 Å². The van der Waals surface area contributed by atoms with Gasteiger partial charge in [0.25, 0.3) is 0 Å². The maximum absolute atomic E-state index is 9.15. The Labute approximate surface area is 96.1 Å². The third-order valence-corrected chi connectivity index (χ3v) is 3.73. The molecular weight excluding hydrogens is 200 g/mol. The van der Waals surface area contributed by atoms with Gasteiger partial charge >= 0.3 is 0 Å². The van der Waals surface area contributed by atoms with Crippen molar-refractivity contribution in [3.63, 3.8) is 0 Å². The van der Waals surface area contributed by atoms with E-state index >= 15 is 0 Å². The average molecular weight is 218 g/mol. The summed E-state index contributed by atoms with van der Waals surface area (Å²) in [7, 11) is 0. The van der Waals surface area contributed by atoms with Crippen LogP contribution in [-0.4, -0.2) is 30.8 Å². The van der Waals surface area contributed by atoms with E-state index < -0.39 is 0 Å². The van der Waals surface area contributed by atoms with Gasteiger partial charge in [0.1, 0.15) is 0 Å². The quantitative estimate of drug-likeness (QED) is 0.735. The van der Waals surface area contributed by atoms with Gasteiger partial charge in [0.15, 0.2) is 0 Å². The summed E-state index contributed by atoms with van der Waals surface area (Å²) in [6.07, 6.45) is 2.38. The first-order chi connectivity index (χ1) is 7.88. The molecule has 0 aliphatic carbocycles. The van der Waals surface area contributed by atoms with Gasteiger partial charge < -0.3 is 15.3 Å². The lowest BCUT2D eigenvalue weighted by Gasteiger charge is -2.42. The Kier molecular flexibility index (Phi) is 2.58. The van der Waals surface area contributed by atoms with Gasteiger partial charge in [-0.15, -0.1) is 0 Å². The molecule has 3 nitrogen and oxygen atoms in total. The Morgan fingerprint density at radius 2 is 2.38 bits per heavy atom. The van der Waals surface area contributed by atoms with Crippen molar-refractivity contribution >= 4 is 5.69 Å². The molecule has 2 aliphatic heterocycles. The summed E-state index contributed by atoms with van der Waals surface area (Å²) in [5, 5.41) is 12.6. The van der Waals surface area contributed by atoms with E-state index in [0.29, 0.717) is 6.04 Å². The molecule has 0 bridgehead atoms. The van der Waals surface area contributed by atoms with Crippen LogP contribution in [0.15, 0.2) is 18.2 Å². The lowest BCUT2D eigenvalue weighted by molar-refractivity contribution is 0.281. The van der Waals surface area contributed by atoms with Gasteiger partial charge in [0, 0.05) is 31.4 Å². The number of hydrogen-bond donors (Lipinski definition) is 2. The van der Waals surface area contributed by atoms with Crippen molar-refractivity contribution in [1.29, 1.82) is 0 Å². The molecule has 0 amide bonds. The van der Waals surface area contributed by atoms with Crippen LogP contribution in [0.4, 0.5) is 5.69 Å². The smallest absolute Gasteiger partial charge is 0.0681 e. The van der Waals surface area contributed by atoms with Crippen LogP contribution in [-0.2, 0) is 13.0 Å². The Morgan fingerprint density at radius 3 is 3.25 bits per heavy atom. The number of aryl methyl sites for hydroxylation is 1. The van der Waals surface area contributed by atoms with E-state index in [-0.39, 0.29) is 6.61 Å². The number of piperazine rings is 1. The molecule has 1 unspecified atom stereocenters. The zero-order chi connectivity index (χ0) is 11.0. The molecule has 2 heterocycles. The van der Waals surface area contributed by atoms with E-state index in [1.807, 2.05) is 6.07 Å². The van der Waals surface area contributed by atoms with Gasteiger partial charge in [-0.05, 0) is 30.0 Å². The largest absolute Gasteiger partial charge is 0.392 e. The number of anilines is 1. The molecule has 0 saturated carbocycles. The summed E-state index contributed by atoms with van der Waals surface area (Å²) in [6.45, 7) is 3.45. The summed E-state index contributed by atoms with van der Waals surface area (Å²) in [6, 6.07) is 7.05. The van der Waals surface area contributed by atoms with Crippen molar-refractivity contribution in [2.24, 2.45) is 0 Å². The summed E-state index contributed by atoms with van der Waals surface area (Å²) in [5.41, 5.74) is 3.83. The van der Waals surface area contributed by atoms with Crippen molar-refractivity contribution in [3.8, 4) is 0 Å². The number of nitrogens with zero attached hydrogens (tertiary/aromatic N) is 1. The summed E-state index contributed by atoms with van der Waals surface area (Å²) < 4.78 is 0. The third kappa shape index (κ3) is 1.60. The predicted octanol–water partition coefficient (Wildman–Crippen LogP) is 0.903. The molecule has 2 N–H and O–H groups in total. The second kappa shape index (κ2) is 4.07. The van der Waals surface area contributed by atoms with Gasteiger partial charge in [0.05, 0.1) is 6.61 Å². The van der Waals surface area contributed by atoms with Crippen molar-refractivity contribution in [1.82, 2.24) is 5.32 Å². The minimum absolute atomic E-state index is 0.151. The minimum atomic E-state index is 0.151. The SMILES string of the molecule is OCc1ccc2c(c1)CCC1CNCCN21. The Bertz CT molecular complexity index is 392. The summed E-state index contributed by atoms with van der Waals surface area (Å²) >= 11 is 0. The maximum Gasteiger partial charge on any atom is 0.0681 e. The molecule has 2 aliphatic rings. The number of fused-ring (bicyclic) bond motifs is 3. The van der Waals surface area contributed by atoms with Crippen LogP contribution in [0.2, 0.25) is 0 Å². The molecule has 16 heavy (non-hydrogen) atoms. The van der Waals surface area contributed by atoms with Gasteiger partial charge in [-0.3, -0.25) is 0 Å². The molecule has 0 aromatic heterocycles. The second-order valence-corrected chi connectivity index (χ2v) is 4.71. The minimum Gasteiger partial charge on any atom is -0.392 e. The highest BCUT2D eigenvalue weighted by Crippen LogP contribution is 2.31. The second-order valence-electron chi connectivity index (χ2n) is 4.71. The number of hydrogen-bond acceptors (Lipinski definition) is 3. The molecule has 0 radical (unpaired) electrons. The topological polar surface area (TPSA) is 35.5 Å². The predicted molar refractivity (Wildman–Crippen MR) is 64.7 cm³/mol. The Morgan fingerprint density at radius 1 is 1.44 bits per heavy atom. The normalized spacial score (nSPS) is 23.8. The fraction of sp³-hybridized carbons (Fsp3) is 0.538. The third-order valence-electron chi connectivity index (χ3n) is 3.73. The van der Waals surface area contributed by atoms with Gasteiger partial charge in [-0.25, -0.2) is 0 Å². The summed E-state index contributed by atoms with van der Waals surface area (Å²) in [4.78, 5) is 2.52. The van der Waals surface area contributed by atoms with E-state index in [9.17, 15) is 0 Å². The fourth-order valence-electron chi connectivity index (χ4n) is 2.88. The van der Waals surface area contributed by atoms with Crippen LogP contribution < -0.4 is 10.2 Å². The van der Waals surface area contributed by atoms with Gasteiger partial charge in [-0.1, -0.05) is 12.1 Å². The molecule has 3 rings (SSSR count). The first kappa shape index (κ1) is 10.1. The van der Waals surface area contributed by atoms with E-state index in [0.717, 1.165) is 31.6 Å². The van der Waals surface area contributed by atoms with Crippen LogP contribution in [0.25, 0.3) is 0 Å². The van der Waals surface area contributed by atoms with E-state index in [2.05, 4.69) is 22.3 Å². The molecule has 1 fully saturated rings. The van der Waals surface area contributed by atoms with Gasteiger partial charge in [-0.2, -0.15) is 0 Å². The van der Waals surface area contributed by atoms with E-state index in [1.54, 1.807) is 0 Å². The zero-order valence-corrected chi connectivity index (χ0v) is 9.45. The van der Waals surface area contributed by atoms with E-state index in [4.69, 9.17) is 5.11 Å². The average Bonchev–Trinajstić information content (AvgIpc) is 2.38. The Balaban J connectivity index is 1.96. The Hall–Kier alpha value is -1.06. The molecular formula is C13H18N2O. The monoisotopic (exact) mass is 218 g/mol. The van der Waals surface area contributed by atoms with Crippen LogP contribution in [0.5, 0.6) is 0 Å². The molecule has 86 valence electrons. The number of aliphatic hydroxyl groups excluding tert-OH is 1. The molecule has 0 spiro atoms. The number of benzene rings is 1. The first-order valence-electron chi connectivity index (χ1n) is 6.08. The number of aliphatic hydroxyl groups is 1. The van der Waals surface area contributed by atoms with Gasteiger partial charge in [0.2, 0.25) is 0 Å². The lowest BCUT2D eigenvalue weighted by atomic mass is 9.93. The maximum atomic E-state index is 9.15. The van der Waals surface area contributed by atoms with E-state index in [1.165, 1.54) is 17.7 Å². The first-order valence-corrected chi connectivity index (χ1v) is 6.08. The lowest BCUT2D eigenvalue weighted by Crippen LogP contribution is -2.53. The van der Waals surface area contributed by atoms with Crippen LogP contribution in [0.3, 0.4) is 0 Å². The van der Waals surface area contributed by atoms with Crippen molar-refractivity contribution in [2.45, 2.75) is 25.5 Å². The zero-order valence-electron chi connectivity index (χ0n) is 9.45. The molecule has 3 heteroatoms. The summed E-state index contributed by atoms with van der Waals surface area (Å²) in [5.74, 6) is 0. The van der Waals surface area contributed by atoms with Crippen molar-refractivity contribution in [2.75, 3.05) is 24.5 Å². The highest BCUT2D eigenvalue weighted by atomic mass is 16.3. The molecule has 1 aromatic rings. The fourth-order valence-corrected chi connectivity index (χ4v) is 2.88. The highest BCUT2D eigenvalue weighted by molar-refractivity contribution is 5.58. The number of rotatable bonds is 1.